The van der Waals surface area contributed by atoms with Gasteiger partial charge in [-0.2, -0.15) is 11.8 Å². The molecule has 96 valence electrons. The zero-order chi connectivity index (χ0) is 12.9. The van der Waals surface area contributed by atoms with Gasteiger partial charge in [-0.3, -0.25) is 0 Å². The van der Waals surface area contributed by atoms with Gasteiger partial charge in [-0.25, -0.2) is 0 Å². The van der Waals surface area contributed by atoms with Crippen molar-refractivity contribution in [2.75, 3.05) is 18.6 Å². The predicted molar refractivity (Wildman–Crippen MR) is 76.6 cm³/mol. The van der Waals surface area contributed by atoms with Gasteiger partial charge in [0.2, 0.25) is 0 Å². The number of aryl methyl sites for hydroxylation is 1. The van der Waals surface area contributed by atoms with Crippen molar-refractivity contribution >= 4 is 11.8 Å². The van der Waals surface area contributed by atoms with Crippen molar-refractivity contribution in [3.05, 3.63) is 35.4 Å². The van der Waals surface area contributed by atoms with Crippen LogP contribution in [-0.2, 0) is 0 Å². The summed E-state index contributed by atoms with van der Waals surface area (Å²) < 4.78 is 0. The minimum atomic E-state index is -0.642. The van der Waals surface area contributed by atoms with Crippen LogP contribution in [-0.4, -0.2) is 29.3 Å². The smallest absolute Gasteiger partial charge is 0.0833 e. The van der Waals surface area contributed by atoms with Gasteiger partial charge in [-0.1, -0.05) is 24.3 Å². The summed E-state index contributed by atoms with van der Waals surface area (Å²) in [4.78, 5) is 0. The van der Waals surface area contributed by atoms with E-state index in [4.69, 9.17) is 0 Å². The summed E-state index contributed by atoms with van der Waals surface area (Å²) in [5.74, 6) is 0.750. The Hall–Kier alpha value is -0.510. The Morgan fingerprint density at radius 3 is 2.65 bits per heavy atom. The molecule has 0 saturated carbocycles. The normalized spacial score (nSPS) is 16.5. The second-order valence-electron chi connectivity index (χ2n) is 4.89. The highest BCUT2D eigenvalue weighted by Crippen LogP contribution is 2.18. The Balaban J connectivity index is 2.56. The van der Waals surface area contributed by atoms with Crippen LogP contribution in [0.1, 0.15) is 31.0 Å². The lowest BCUT2D eigenvalue weighted by Gasteiger charge is -2.26. The van der Waals surface area contributed by atoms with E-state index in [0.717, 1.165) is 5.75 Å². The van der Waals surface area contributed by atoms with E-state index >= 15 is 0 Å². The van der Waals surface area contributed by atoms with Gasteiger partial charge in [0.25, 0.3) is 0 Å². The van der Waals surface area contributed by atoms with E-state index in [0.29, 0.717) is 6.54 Å². The van der Waals surface area contributed by atoms with Crippen molar-refractivity contribution in [1.29, 1.82) is 0 Å². The van der Waals surface area contributed by atoms with Gasteiger partial charge < -0.3 is 10.4 Å². The third kappa shape index (κ3) is 4.70. The summed E-state index contributed by atoms with van der Waals surface area (Å²) in [7, 11) is 0. The summed E-state index contributed by atoms with van der Waals surface area (Å²) in [5, 5.41) is 13.5. The second kappa shape index (κ2) is 6.43. The SMILES string of the molecule is CSCC(C)(O)CNC(C)c1ccccc1C. The van der Waals surface area contributed by atoms with E-state index in [9.17, 15) is 5.11 Å². The molecule has 1 rings (SSSR count). The molecule has 2 atom stereocenters. The predicted octanol–water partition coefficient (Wildman–Crippen LogP) is 2.76. The van der Waals surface area contributed by atoms with Crippen LogP contribution in [0.2, 0.25) is 0 Å². The van der Waals surface area contributed by atoms with Crippen molar-refractivity contribution in [3.63, 3.8) is 0 Å². The lowest BCUT2D eigenvalue weighted by atomic mass is 10.0. The molecule has 0 spiro atoms. The van der Waals surface area contributed by atoms with E-state index < -0.39 is 5.60 Å². The summed E-state index contributed by atoms with van der Waals surface area (Å²) in [6.45, 7) is 6.75. The largest absolute Gasteiger partial charge is 0.388 e. The molecule has 0 bridgehead atoms. The number of rotatable bonds is 6. The van der Waals surface area contributed by atoms with E-state index in [1.54, 1.807) is 11.8 Å². The van der Waals surface area contributed by atoms with Gasteiger partial charge in [0.15, 0.2) is 0 Å². The maximum atomic E-state index is 10.1. The molecule has 1 aromatic carbocycles. The molecule has 0 aliphatic heterocycles. The Morgan fingerprint density at radius 1 is 1.41 bits per heavy atom. The molecular weight excluding hydrogens is 230 g/mol. The van der Waals surface area contributed by atoms with Gasteiger partial charge >= 0.3 is 0 Å². The van der Waals surface area contributed by atoms with Crippen LogP contribution in [0.4, 0.5) is 0 Å². The number of nitrogens with one attached hydrogen (secondary N) is 1. The molecule has 0 aliphatic rings. The molecule has 2 nitrogen and oxygen atoms in total. The number of thioether (sulfide) groups is 1. The highest BCUT2D eigenvalue weighted by atomic mass is 32.2. The lowest BCUT2D eigenvalue weighted by Crippen LogP contribution is -2.41. The standard InChI is InChI=1S/C14H23NOS/c1-11-7-5-6-8-13(11)12(2)15-9-14(3,16)10-17-4/h5-8,12,15-16H,9-10H2,1-4H3. The molecule has 0 fully saturated rings. The molecule has 0 saturated heterocycles. The molecule has 2 unspecified atom stereocenters. The zero-order valence-electron chi connectivity index (χ0n) is 11.2. The second-order valence-corrected chi connectivity index (χ2v) is 5.76. The first-order valence-corrected chi connectivity index (χ1v) is 7.36. The number of hydrogen-bond donors (Lipinski definition) is 2. The van der Waals surface area contributed by atoms with Crippen molar-refractivity contribution < 1.29 is 5.11 Å². The van der Waals surface area contributed by atoms with Crippen LogP contribution in [0.25, 0.3) is 0 Å². The average molecular weight is 253 g/mol. The minimum Gasteiger partial charge on any atom is -0.388 e. The molecule has 0 heterocycles. The number of benzene rings is 1. The molecule has 0 aromatic heterocycles. The first kappa shape index (κ1) is 14.6. The third-order valence-corrected chi connectivity index (χ3v) is 3.81. The highest BCUT2D eigenvalue weighted by Gasteiger charge is 2.20. The first-order valence-electron chi connectivity index (χ1n) is 5.96. The van der Waals surface area contributed by atoms with Gasteiger partial charge in [0, 0.05) is 18.3 Å². The maximum absolute atomic E-state index is 10.1. The molecule has 1 aromatic rings. The van der Waals surface area contributed by atoms with Gasteiger partial charge in [0.05, 0.1) is 5.60 Å². The average Bonchev–Trinajstić information content (AvgIpc) is 2.27. The fourth-order valence-electron chi connectivity index (χ4n) is 1.92. The van der Waals surface area contributed by atoms with Crippen LogP contribution in [0.15, 0.2) is 24.3 Å². The van der Waals surface area contributed by atoms with Crippen molar-refractivity contribution in [3.8, 4) is 0 Å². The van der Waals surface area contributed by atoms with Crippen LogP contribution in [0, 0.1) is 6.92 Å². The Labute approximate surface area is 109 Å². The molecular formula is C14H23NOS. The number of hydrogen-bond acceptors (Lipinski definition) is 3. The minimum absolute atomic E-state index is 0.268. The first-order chi connectivity index (χ1) is 7.96. The summed E-state index contributed by atoms with van der Waals surface area (Å²) in [6, 6.07) is 8.63. The molecule has 3 heteroatoms. The van der Waals surface area contributed by atoms with Crippen LogP contribution in [0.3, 0.4) is 0 Å². The van der Waals surface area contributed by atoms with Crippen LogP contribution >= 0.6 is 11.8 Å². The topological polar surface area (TPSA) is 32.3 Å². The maximum Gasteiger partial charge on any atom is 0.0833 e. The van der Waals surface area contributed by atoms with Gasteiger partial charge in [-0.05, 0) is 38.2 Å². The molecule has 0 radical (unpaired) electrons. The molecule has 0 aliphatic carbocycles. The lowest BCUT2D eigenvalue weighted by molar-refractivity contribution is 0.0820. The highest BCUT2D eigenvalue weighted by molar-refractivity contribution is 7.98. The van der Waals surface area contributed by atoms with Crippen molar-refractivity contribution in [2.24, 2.45) is 0 Å². The van der Waals surface area contributed by atoms with Gasteiger partial charge in [-0.15, -0.1) is 0 Å². The molecule has 2 N–H and O–H groups in total. The summed E-state index contributed by atoms with van der Waals surface area (Å²) >= 11 is 1.67. The molecule has 0 amide bonds. The van der Waals surface area contributed by atoms with Crippen molar-refractivity contribution in [1.82, 2.24) is 5.32 Å². The van der Waals surface area contributed by atoms with Crippen molar-refractivity contribution in [2.45, 2.75) is 32.4 Å². The quantitative estimate of drug-likeness (QED) is 0.817. The monoisotopic (exact) mass is 253 g/mol. The number of aliphatic hydroxyl groups is 1. The third-order valence-electron chi connectivity index (χ3n) is 2.90. The van der Waals surface area contributed by atoms with Crippen LogP contribution < -0.4 is 5.32 Å². The van der Waals surface area contributed by atoms with E-state index in [1.807, 2.05) is 13.2 Å². The van der Waals surface area contributed by atoms with E-state index in [-0.39, 0.29) is 6.04 Å². The van der Waals surface area contributed by atoms with E-state index in [2.05, 4.69) is 43.4 Å². The fraction of sp³-hybridized carbons (Fsp3) is 0.571. The van der Waals surface area contributed by atoms with Crippen LogP contribution in [0.5, 0.6) is 0 Å². The molecule has 17 heavy (non-hydrogen) atoms. The summed E-state index contributed by atoms with van der Waals surface area (Å²) in [5.41, 5.74) is 1.94. The summed E-state index contributed by atoms with van der Waals surface area (Å²) in [6.07, 6.45) is 2.01. The zero-order valence-corrected chi connectivity index (χ0v) is 12.0. The Bertz CT molecular complexity index is 352. The Kier molecular flexibility index (Phi) is 5.50. The van der Waals surface area contributed by atoms with Gasteiger partial charge in [0.1, 0.15) is 0 Å². The fourth-order valence-corrected chi connectivity index (χ4v) is 2.64. The Morgan fingerprint density at radius 2 is 2.06 bits per heavy atom. The van der Waals surface area contributed by atoms with E-state index in [1.165, 1.54) is 11.1 Å².